The van der Waals surface area contributed by atoms with E-state index in [1.54, 1.807) is 0 Å². The SMILES string of the molecule is NCCCCNC(=O)/C=C/c1ccc(O)c(OS(=O)(=O)O)c1. The number of phenols is 1. The molecule has 1 aromatic rings. The van der Waals surface area contributed by atoms with Crippen LogP contribution in [0.25, 0.3) is 6.08 Å². The van der Waals surface area contributed by atoms with Crippen LogP contribution in [0.15, 0.2) is 24.3 Å². The molecular formula is C13H18N2O6S. The highest BCUT2D eigenvalue weighted by Crippen LogP contribution is 2.28. The topological polar surface area (TPSA) is 139 Å². The Morgan fingerprint density at radius 3 is 2.73 bits per heavy atom. The van der Waals surface area contributed by atoms with Crippen LogP contribution < -0.4 is 15.2 Å². The number of amides is 1. The Morgan fingerprint density at radius 2 is 2.09 bits per heavy atom. The summed E-state index contributed by atoms with van der Waals surface area (Å²) in [7, 11) is -4.74. The molecule has 5 N–H and O–H groups in total. The summed E-state index contributed by atoms with van der Waals surface area (Å²) in [5.41, 5.74) is 5.74. The summed E-state index contributed by atoms with van der Waals surface area (Å²) in [5.74, 6) is -1.21. The second-order valence-electron chi connectivity index (χ2n) is 4.36. The van der Waals surface area contributed by atoms with Crippen molar-refractivity contribution in [1.82, 2.24) is 5.32 Å². The third kappa shape index (κ3) is 7.07. The minimum atomic E-state index is -4.74. The van der Waals surface area contributed by atoms with E-state index in [0.29, 0.717) is 18.7 Å². The van der Waals surface area contributed by atoms with Crippen LogP contribution in [0, 0.1) is 0 Å². The van der Waals surface area contributed by atoms with E-state index in [9.17, 15) is 18.3 Å². The Labute approximate surface area is 128 Å². The minimum absolute atomic E-state index is 0.317. The second-order valence-corrected chi connectivity index (χ2v) is 5.38. The molecule has 122 valence electrons. The summed E-state index contributed by atoms with van der Waals surface area (Å²) in [4.78, 5) is 11.5. The maximum Gasteiger partial charge on any atom is 0.446 e. The van der Waals surface area contributed by atoms with Crippen molar-refractivity contribution in [2.45, 2.75) is 12.8 Å². The molecule has 0 unspecified atom stereocenters. The summed E-state index contributed by atoms with van der Waals surface area (Å²) in [6.45, 7) is 1.07. The lowest BCUT2D eigenvalue weighted by Gasteiger charge is -2.05. The van der Waals surface area contributed by atoms with Gasteiger partial charge in [0, 0.05) is 12.6 Å². The van der Waals surface area contributed by atoms with E-state index in [-0.39, 0.29) is 5.91 Å². The monoisotopic (exact) mass is 330 g/mol. The zero-order chi connectivity index (χ0) is 16.6. The first kappa shape index (κ1) is 18.0. The highest BCUT2D eigenvalue weighted by atomic mass is 32.3. The average Bonchev–Trinajstić information content (AvgIpc) is 2.43. The van der Waals surface area contributed by atoms with Gasteiger partial charge in [-0.15, -0.1) is 0 Å². The third-order valence-electron chi connectivity index (χ3n) is 2.54. The molecule has 0 heterocycles. The number of hydrogen-bond acceptors (Lipinski definition) is 6. The molecule has 8 nitrogen and oxygen atoms in total. The van der Waals surface area contributed by atoms with E-state index in [1.807, 2.05) is 0 Å². The van der Waals surface area contributed by atoms with Crippen molar-refractivity contribution in [3.05, 3.63) is 29.8 Å². The van der Waals surface area contributed by atoms with Crippen LogP contribution in [0.1, 0.15) is 18.4 Å². The molecule has 0 saturated carbocycles. The number of nitrogens with one attached hydrogen (secondary N) is 1. The minimum Gasteiger partial charge on any atom is -0.504 e. The molecule has 9 heteroatoms. The third-order valence-corrected chi connectivity index (χ3v) is 2.93. The van der Waals surface area contributed by atoms with E-state index in [2.05, 4.69) is 9.50 Å². The van der Waals surface area contributed by atoms with Gasteiger partial charge in [-0.25, -0.2) is 0 Å². The van der Waals surface area contributed by atoms with E-state index in [1.165, 1.54) is 30.4 Å². The van der Waals surface area contributed by atoms with Gasteiger partial charge in [0.2, 0.25) is 5.91 Å². The average molecular weight is 330 g/mol. The molecule has 0 saturated heterocycles. The maximum absolute atomic E-state index is 11.5. The molecule has 1 aromatic carbocycles. The highest BCUT2D eigenvalue weighted by molar-refractivity contribution is 7.81. The number of benzene rings is 1. The Kier molecular flexibility index (Phi) is 6.83. The lowest BCUT2D eigenvalue weighted by molar-refractivity contribution is -0.116. The van der Waals surface area contributed by atoms with Crippen molar-refractivity contribution in [2.24, 2.45) is 5.73 Å². The molecule has 0 aromatic heterocycles. The molecule has 0 bridgehead atoms. The van der Waals surface area contributed by atoms with Gasteiger partial charge >= 0.3 is 10.4 Å². The number of nitrogens with two attached hydrogens (primary N) is 1. The van der Waals surface area contributed by atoms with E-state index < -0.39 is 21.9 Å². The predicted octanol–water partition coefficient (Wildman–Crippen LogP) is 0.442. The van der Waals surface area contributed by atoms with Gasteiger partial charge in [-0.1, -0.05) is 6.07 Å². The van der Waals surface area contributed by atoms with Crippen LogP contribution in [0.3, 0.4) is 0 Å². The van der Waals surface area contributed by atoms with Crippen LogP contribution in [-0.2, 0) is 15.2 Å². The number of hydrogen-bond donors (Lipinski definition) is 4. The maximum atomic E-state index is 11.5. The Bertz CT molecular complexity index is 642. The molecular weight excluding hydrogens is 312 g/mol. The molecule has 0 aliphatic heterocycles. The van der Waals surface area contributed by atoms with Crippen LogP contribution in [0.4, 0.5) is 0 Å². The van der Waals surface area contributed by atoms with Crippen molar-refractivity contribution in [3.8, 4) is 11.5 Å². The first-order valence-electron chi connectivity index (χ1n) is 6.47. The lowest BCUT2D eigenvalue weighted by atomic mass is 10.2. The predicted molar refractivity (Wildman–Crippen MR) is 80.6 cm³/mol. The number of phenolic OH excluding ortho intramolecular Hbond substituents is 1. The van der Waals surface area contributed by atoms with Gasteiger partial charge in [-0.3, -0.25) is 9.35 Å². The van der Waals surface area contributed by atoms with Gasteiger partial charge < -0.3 is 20.3 Å². The van der Waals surface area contributed by atoms with Gasteiger partial charge in [0.25, 0.3) is 0 Å². The zero-order valence-corrected chi connectivity index (χ0v) is 12.5. The molecule has 0 aliphatic rings. The highest BCUT2D eigenvalue weighted by Gasteiger charge is 2.11. The number of rotatable bonds is 8. The molecule has 0 atom stereocenters. The lowest BCUT2D eigenvalue weighted by Crippen LogP contribution is -2.22. The first-order valence-corrected chi connectivity index (χ1v) is 7.84. The first-order chi connectivity index (χ1) is 10.3. The van der Waals surface area contributed by atoms with Crippen LogP contribution in [0.5, 0.6) is 11.5 Å². The number of carbonyl (C=O) groups is 1. The Balaban J connectivity index is 2.67. The summed E-state index contributed by atoms with van der Waals surface area (Å²) in [5, 5.41) is 12.1. The van der Waals surface area contributed by atoms with Gasteiger partial charge in [-0.2, -0.15) is 8.42 Å². The summed E-state index contributed by atoms with van der Waals surface area (Å²) < 4.78 is 34.1. The molecule has 0 radical (unpaired) electrons. The quantitative estimate of drug-likeness (QED) is 0.308. The van der Waals surface area contributed by atoms with Crippen LogP contribution in [-0.4, -0.2) is 37.1 Å². The summed E-state index contributed by atoms with van der Waals surface area (Å²) >= 11 is 0. The standard InChI is InChI=1S/C13H18N2O6S/c14-7-1-2-8-15-13(17)6-4-10-3-5-11(16)12(9-10)21-22(18,19)20/h3-6,9,16H,1-2,7-8,14H2,(H,15,17)(H,18,19,20)/b6-4+. The van der Waals surface area contributed by atoms with Crippen LogP contribution >= 0.6 is 0 Å². The van der Waals surface area contributed by atoms with Gasteiger partial charge in [-0.05, 0) is 43.2 Å². The number of carbonyl (C=O) groups excluding carboxylic acids is 1. The Morgan fingerprint density at radius 1 is 1.36 bits per heavy atom. The molecule has 0 aliphatic carbocycles. The largest absolute Gasteiger partial charge is 0.504 e. The molecule has 1 amide bonds. The van der Waals surface area contributed by atoms with Crippen molar-refractivity contribution >= 4 is 22.4 Å². The fourth-order valence-electron chi connectivity index (χ4n) is 1.53. The fourth-order valence-corrected chi connectivity index (χ4v) is 1.89. The number of unbranched alkanes of at least 4 members (excludes halogenated alkanes) is 1. The Hall–Kier alpha value is -2.10. The zero-order valence-electron chi connectivity index (χ0n) is 11.7. The fraction of sp³-hybridized carbons (Fsp3) is 0.308. The van der Waals surface area contributed by atoms with Gasteiger partial charge in [0.15, 0.2) is 11.5 Å². The van der Waals surface area contributed by atoms with Crippen molar-refractivity contribution < 1.29 is 27.1 Å². The second kappa shape index (κ2) is 8.37. The van der Waals surface area contributed by atoms with Gasteiger partial charge in [0.1, 0.15) is 0 Å². The van der Waals surface area contributed by atoms with Crippen molar-refractivity contribution in [1.29, 1.82) is 0 Å². The van der Waals surface area contributed by atoms with Crippen LogP contribution in [0.2, 0.25) is 0 Å². The smallest absolute Gasteiger partial charge is 0.446 e. The molecule has 0 fully saturated rings. The van der Waals surface area contributed by atoms with E-state index in [4.69, 9.17) is 10.3 Å². The van der Waals surface area contributed by atoms with Crippen molar-refractivity contribution in [3.63, 3.8) is 0 Å². The summed E-state index contributed by atoms with van der Waals surface area (Å²) in [6.07, 6.45) is 4.26. The normalized spacial score (nSPS) is 11.5. The van der Waals surface area contributed by atoms with Crippen molar-refractivity contribution in [2.75, 3.05) is 13.1 Å². The molecule has 1 rings (SSSR count). The van der Waals surface area contributed by atoms with E-state index >= 15 is 0 Å². The van der Waals surface area contributed by atoms with Gasteiger partial charge in [0.05, 0.1) is 0 Å². The summed E-state index contributed by atoms with van der Waals surface area (Å²) in [6, 6.07) is 3.80. The molecule has 22 heavy (non-hydrogen) atoms. The number of aromatic hydroxyl groups is 1. The molecule has 0 spiro atoms. The van der Waals surface area contributed by atoms with E-state index in [0.717, 1.165) is 12.8 Å².